The van der Waals surface area contributed by atoms with E-state index in [1.54, 1.807) is 0 Å². The molecule has 0 radical (unpaired) electrons. The van der Waals surface area contributed by atoms with Crippen LogP contribution in [0.4, 0.5) is 0 Å². The highest BCUT2D eigenvalue weighted by Crippen LogP contribution is 2.14. The number of hydrogen-bond donors (Lipinski definition) is 1. The van der Waals surface area contributed by atoms with Gasteiger partial charge in [0.25, 0.3) is 0 Å². The highest BCUT2D eigenvalue weighted by molar-refractivity contribution is 4.55. The first kappa shape index (κ1) is 9.96. The van der Waals surface area contributed by atoms with Gasteiger partial charge in [-0.1, -0.05) is 6.92 Å². The Kier molecular flexibility index (Phi) is 4.58. The lowest BCUT2D eigenvalue weighted by Gasteiger charge is -2.23. The Morgan fingerprint density at radius 3 is 3.00 bits per heavy atom. The van der Waals surface area contributed by atoms with Crippen LogP contribution in [0.5, 0.6) is 0 Å². The van der Waals surface area contributed by atoms with Crippen LogP contribution in [-0.4, -0.2) is 31.2 Å². The Balaban J connectivity index is 2.05. The minimum atomic E-state index is -0.0206. The van der Waals surface area contributed by atoms with E-state index in [1.165, 1.54) is 6.42 Å². The van der Waals surface area contributed by atoms with E-state index in [9.17, 15) is 0 Å². The van der Waals surface area contributed by atoms with Crippen molar-refractivity contribution in [2.75, 3.05) is 19.8 Å². The summed E-state index contributed by atoms with van der Waals surface area (Å²) in [5.41, 5.74) is 0. The van der Waals surface area contributed by atoms with Gasteiger partial charge in [-0.25, -0.2) is 0 Å². The molecule has 0 aromatic carbocycles. The zero-order chi connectivity index (χ0) is 8.81. The molecule has 1 heterocycles. The summed E-state index contributed by atoms with van der Waals surface area (Å²) in [6, 6.07) is 0. The first-order valence-electron chi connectivity index (χ1n) is 4.67. The Morgan fingerprint density at radius 2 is 2.42 bits per heavy atom. The predicted octanol–water partition coefficient (Wildman–Crippen LogP) is 1.16. The van der Waals surface area contributed by atoms with E-state index < -0.39 is 0 Å². The van der Waals surface area contributed by atoms with Crippen LogP contribution in [0.1, 0.15) is 26.2 Å². The first-order valence-corrected chi connectivity index (χ1v) is 4.67. The molecule has 1 saturated heterocycles. The maximum atomic E-state index is 8.74. The van der Waals surface area contributed by atoms with E-state index in [0.717, 1.165) is 19.4 Å². The lowest BCUT2D eigenvalue weighted by atomic mass is 10.2. The Morgan fingerprint density at radius 1 is 1.58 bits per heavy atom. The van der Waals surface area contributed by atoms with E-state index >= 15 is 0 Å². The van der Waals surface area contributed by atoms with Crippen molar-refractivity contribution in [3.63, 3.8) is 0 Å². The quantitative estimate of drug-likeness (QED) is 0.695. The van der Waals surface area contributed by atoms with Gasteiger partial charge in [0.1, 0.15) is 0 Å². The van der Waals surface area contributed by atoms with Crippen LogP contribution in [0.3, 0.4) is 0 Å². The predicted molar refractivity (Wildman–Crippen MR) is 45.8 cm³/mol. The smallest absolute Gasteiger partial charge is 0.157 e. The summed E-state index contributed by atoms with van der Waals surface area (Å²) >= 11 is 0. The third-order valence-electron chi connectivity index (χ3n) is 2.02. The molecule has 0 spiro atoms. The van der Waals surface area contributed by atoms with Crippen LogP contribution in [0.25, 0.3) is 0 Å². The molecule has 3 heteroatoms. The number of hydrogen-bond acceptors (Lipinski definition) is 3. The van der Waals surface area contributed by atoms with E-state index in [1.807, 2.05) is 6.92 Å². The second-order valence-electron chi connectivity index (χ2n) is 3.42. The standard InChI is InChI=1S/C9H18O3/c1-8(6-10)7-12-9-4-2-3-5-11-9/h8-10H,2-7H2,1H3/t8-,9-/m1/s1. The second-order valence-corrected chi connectivity index (χ2v) is 3.42. The van der Waals surface area contributed by atoms with Crippen LogP contribution in [0.2, 0.25) is 0 Å². The summed E-state index contributed by atoms with van der Waals surface area (Å²) < 4.78 is 10.8. The van der Waals surface area contributed by atoms with Gasteiger partial charge in [-0.3, -0.25) is 0 Å². The lowest BCUT2D eigenvalue weighted by Crippen LogP contribution is -2.25. The fourth-order valence-electron chi connectivity index (χ4n) is 1.17. The van der Waals surface area contributed by atoms with Crippen molar-refractivity contribution in [3.8, 4) is 0 Å². The summed E-state index contributed by atoms with van der Waals surface area (Å²) in [5.74, 6) is 0.218. The highest BCUT2D eigenvalue weighted by atomic mass is 16.7. The fourth-order valence-corrected chi connectivity index (χ4v) is 1.17. The highest BCUT2D eigenvalue weighted by Gasteiger charge is 2.14. The Hall–Kier alpha value is -0.120. The third-order valence-corrected chi connectivity index (χ3v) is 2.02. The average Bonchev–Trinajstić information content (AvgIpc) is 2.16. The normalized spacial score (nSPS) is 27.0. The van der Waals surface area contributed by atoms with E-state index in [2.05, 4.69) is 0 Å². The van der Waals surface area contributed by atoms with Gasteiger partial charge in [0.15, 0.2) is 6.29 Å². The SMILES string of the molecule is C[C@H](CO)CO[C@@H]1CCCCO1. The van der Waals surface area contributed by atoms with Crippen molar-refractivity contribution in [1.29, 1.82) is 0 Å². The van der Waals surface area contributed by atoms with Crippen molar-refractivity contribution in [2.24, 2.45) is 5.92 Å². The number of ether oxygens (including phenoxy) is 2. The summed E-state index contributed by atoms with van der Waals surface area (Å²) in [6.07, 6.45) is 3.32. The van der Waals surface area contributed by atoms with Gasteiger partial charge in [-0.05, 0) is 19.3 Å². The van der Waals surface area contributed by atoms with Crippen molar-refractivity contribution in [3.05, 3.63) is 0 Å². The minimum absolute atomic E-state index is 0.0206. The maximum absolute atomic E-state index is 8.74. The van der Waals surface area contributed by atoms with Crippen molar-refractivity contribution < 1.29 is 14.6 Å². The molecule has 0 amide bonds. The van der Waals surface area contributed by atoms with Crippen LogP contribution in [-0.2, 0) is 9.47 Å². The Bertz CT molecular complexity index is 110. The van der Waals surface area contributed by atoms with Gasteiger partial charge in [0.2, 0.25) is 0 Å². The molecule has 0 aliphatic carbocycles. The molecule has 12 heavy (non-hydrogen) atoms. The topological polar surface area (TPSA) is 38.7 Å². The number of aliphatic hydroxyl groups excluding tert-OH is 1. The fraction of sp³-hybridized carbons (Fsp3) is 1.00. The summed E-state index contributed by atoms with van der Waals surface area (Å²) in [7, 11) is 0. The summed E-state index contributed by atoms with van der Waals surface area (Å²) in [5, 5.41) is 8.74. The summed E-state index contributed by atoms with van der Waals surface area (Å²) in [6.45, 7) is 3.56. The minimum Gasteiger partial charge on any atom is -0.396 e. The van der Waals surface area contributed by atoms with Gasteiger partial charge in [0, 0.05) is 19.1 Å². The van der Waals surface area contributed by atoms with E-state index in [0.29, 0.717) is 6.61 Å². The molecule has 1 aliphatic rings. The molecule has 1 N–H and O–H groups in total. The molecule has 0 bridgehead atoms. The molecule has 0 unspecified atom stereocenters. The molecular weight excluding hydrogens is 156 g/mol. The van der Waals surface area contributed by atoms with Gasteiger partial charge in [-0.15, -0.1) is 0 Å². The molecule has 0 aromatic rings. The largest absolute Gasteiger partial charge is 0.396 e. The van der Waals surface area contributed by atoms with Crippen molar-refractivity contribution in [2.45, 2.75) is 32.5 Å². The molecule has 0 saturated carbocycles. The monoisotopic (exact) mass is 174 g/mol. The molecule has 1 aliphatic heterocycles. The van der Waals surface area contributed by atoms with E-state index in [4.69, 9.17) is 14.6 Å². The summed E-state index contributed by atoms with van der Waals surface area (Å²) in [4.78, 5) is 0. The zero-order valence-electron chi connectivity index (χ0n) is 7.66. The molecule has 1 fully saturated rings. The van der Waals surface area contributed by atoms with Gasteiger partial charge in [0.05, 0.1) is 6.61 Å². The lowest BCUT2D eigenvalue weighted by molar-refractivity contribution is -0.169. The van der Waals surface area contributed by atoms with E-state index in [-0.39, 0.29) is 18.8 Å². The molecule has 0 aromatic heterocycles. The van der Waals surface area contributed by atoms with Crippen LogP contribution < -0.4 is 0 Å². The average molecular weight is 174 g/mol. The van der Waals surface area contributed by atoms with Gasteiger partial charge >= 0.3 is 0 Å². The molecule has 1 rings (SSSR count). The number of aliphatic hydroxyl groups is 1. The van der Waals surface area contributed by atoms with Crippen LogP contribution >= 0.6 is 0 Å². The molecule has 3 nitrogen and oxygen atoms in total. The third kappa shape index (κ3) is 3.52. The first-order chi connectivity index (χ1) is 5.83. The maximum Gasteiger partial charge on any atom is 0.157 e. The van der Waals surface area contributed by atoms with Crippen LogP contribution in [0.15, 0.2) is 0 Å². The second kappa shape index (κ2) is 5.51. The number of rotatable bonds is 4. The molecular formula is C9H18O3. The zero-order valence-corrected chi connectivity index (χ0v) is 7.66. The Labute approximate surface area is 73.7 Å². The van der Waals surface area contributed by atoms with Crippen molar-refractivity contribution in [1.82, 2.24) is 0 Å². The molecule has 72 valence electrons. The van der Waals surface area contributed by atoms with Gasteiger partial charge < -0.3 is 14.6 Å². The van der Waals surface area contributed by atoms with Crippen LogP contribution in [0, 0.1) is 5.92 Å². The molecule has 2 atom stereocenters. The van der Waals surface area contributed by atoms with Crippen molar-refractivity contribution >= 4 is 0 Å². The van der Waals surface area contributed by atoms with Gasteiger partial charge in [-0.2, -0.15) is 0 Å².